The summed E-state index contributed by atoms with van der Waals surface area (Å²) in [5.41, 5.74) is 3.82. The molecule has 104 valence electrons. The lowest BCUT2D eigenvalue weighted by atomic mass is 9.96. The van der Waals surface area contributed by atoms with Gasteiger partial charge < -0.3 is 5.11 Å². The van der Waals surface area contributed by atoms with E-state index in [0.29, 0.717) is 13.0 Å². The number of carbonyl (C=O) groups is 1. The van der Waals surface area contributed by atoms with Gasteiger partial charge in [0.2, 0.25) is 0 Å². The predicted octanol–water partition coefficient (Wildman–Crippen LogP) is 2.10. The Labute approximate surface area is 117 Å². The van der Waals surface area contributed by atoms with E-state index < -0.39 is 5.97 Å². The van der Waals surface area contributed by atoms with Gasteiger partial charge in [0.1, 0.15) is 5.69 Å². The van der Waals surface area contributed by atoms with Crippen LogP contribution in [0.4, 0.5) is 0 Å². The summed E-state index contributed by atoms with van der Waals surface area (Å²) in [5, 5.41) is 13.1. The molecular weight excluding hydrogens is 254 g/mol. The number of carboxylic acid groups (broad SMARTS) is 1. The lowest BCUT2D eigenvalue weighted by Crippen LogP contribution is -2.13. The number of nitrogens with zero attached hydrogens (tertiary/aromatic N) is 3. The molecule has 0 radical (unpaired) electrons. The number of aromatic carboxylic acids is 1. The number of pyridine rings is 1. The van der Waals surface area contributed by atoms with E-state index in [9.17, 15) is 4.79 Å². The summed E-state index contributed by atoms with van der Waals surface area (Å²) in [7, 11) is 0. The van der Waals surface area contributed by atoms with Crippen molar-refractivity contribution in [2.24, 2.45) is 0 Å². The molecule has 2 aromatic rings. The molecule has 0 saturated heterocycles. The van der Waals surface area contributed by atoms with Gasteiger partial charge in [0.15, 0.2) is 0 Å². The zero-order valence-electron chi connectivity index (χ0n) is 11.2. The quantitative estimate of drug-likeness (QED) is 0.924. The molecule has 0 saturated carbocycles. The zero-order chi connectivity index (χ0) is 13.9. The molecule has 1 aliphatic rings. The van der Waals surface area contributed by atoms with Crippen LogP contribution >= 0.6 is 0 Å². The third-order valence-corrected chi connectivity index (χ3v) is 3.75. The van der Waals surface area contributed by atoms with Gasteiger partial charge in [-0.2, -0.15) is 5.10 Å². The van der Waals surface area contributed by atoms with Crippen LogP contribution in [0.5, 0.6) is 0 Å². The first-order valence-corrected chi connectivity index (χ1v) is 6.97. The highest BCUT2D eigenvalue weighted by Gasteiger charge is 2.12. The molecule has 1 N–H and O–H groups in total. The Balaban J connectivity index is 1.72. The van der Waals surface area contributed by atoms with Crippen LogP contribution in [0.2, 0.25) is 0 Å². The molecule has 1 aliphatic carbocycles. The Kier molecular flexibility index (Phi) is 3.50. The second-order valence-corrected chi connectivity index (χ2v) is 5.11. The van der Waals surface area contributed by atoms with Crippen molar-refractivity contribution in [1.29, 1.82) is 0 Å². The van der Waals surface area contributed by atoms with Gasteiger partial charge in [0.05, 0.1) is 0 Å². The van der Waals surface area contributed by atoms with Crippen molar-refractivity contribution in [3.05, 3.63) is 47.0 Å². The summed E-state index contributed by atoms with van der Waals surface area (Å²) < 4.78 is 1.52. The first-order chi connectivity index (χ1) is 9.74. The molecule has 5 heteroatoms. The van der Waals surface area contributed by atoms with Crippen LogP contribution in [-0.4, -0.2) is 25.8 Å². The average Bonchev–Trinajstić information content (AvgIpc) is 2.93. The molecule has 0 fully saturated rings. The van der Waals surface area contributed by atoms with Gasteiger partial charge in [-0.3, -0.25) is 9.67 Å². The van der Waals surface area contributed by atoms with Crippen molar-refractivity contribution in [2.45, 2.75) is 38.6 Å². The summed E-state index contributed by atoms with van der Waals surface area (Å²) in [5.74, 6) is -0.944. The van der Waals surface area contributed by atoms with Crippen LogP contribution in [0.25, 0.3) is 0 Å². The number of aromatic nitrogens is 3. The number of aryl methyl sites for hydroxylation is 4. The Morgan fingerprint density at radius 1 is 1.25 bits per heavy atom. The van der Waals surface area contributed by atoms with Crippen LogP contribution in [0.3, 0.4) is 0 Å². The van der Waals surface area contributed by atoms with Crippen molar-refractivity contribution >= 4 is 5.97 Å². The molecule has 20 heavy (non-hydrogen) atoms. The SMILES string of the molecule is O=C(O)c1ccnn1CCc1ccc2c(n1)CCCC2. The van der Waals surface area contributed by atoms with Crippen LogP contribution < -0.4 is 0 Å². The number of rotatable bonds is 4. The molecule has 0 amide bonds. The minimum Gasteiger partial charge on any atom is -0.477 e. The average molecular weight is 271 g/mol. The lowest BCUT2D eigenvalue weighted by Gasteiger charge is -2.15. The molecular formula is C15H17N3O2. The third kappa shape index (κ3) is 2.57. The van der Waals surface area contributed by atoms with Crippen molar-refractivity contribution in [3.8, 4) is 0 Å². The molecule has 0 spiro atoms. The Hall–Kier alpha value is -2.17. The minimum atomic E-state index is -0.944. The monoisotopic (exact) mass is 271 g/mol. The van der Waals surface area contributed by atoms with Gasteiger partial charge in [-0.1, -0.05) is 6.07 Å². The maximum absolute atomic E-state index is 11.0. The molecule has 5 nitrogen and oxygen atoms in total. The molecule has 0 unspecified atom stereocenters. The fraction of sp³-hybridized carbons (Fsp3) is 0.400. The van der Waals surface area contributed by atoms with E-state index in [1.54, 1.807) is 0 Å². The largest absolute Gasteiger partial charge is 0.477 e. The third-order valence-electron chi connectivity index (χ3n) is 3.75. The summed E-state index contributed by atoms with van der Waals surface area (Å²) in [6, 6.07) is 5.73. The van der Waals surface area contributed by atoms with Crippen molar-refractivity contribution in [3.63, 3.8) is 0 Å². The van der Waals surface area contributed by atoms with E-state index in [0.717, 1.165) is 18.5 Å². The van der Waals surface area contributed by atoms with Gasteiger partial charge in [-0.15, -0.1) is 0 Å². The first-order valence-electron chi connectivity index (χ1n) is 6.97. The molecule has 0 aliphatic heterocycles. The molecule has 3 rings (SSSR count). The second-order valence-electron chi connectivity index (χ2n) is 5.11. The maximum atomic E-state index is 11.0. The van der Waals surface area contributed by atoms with E-state index in [-0.39, 0.29) is 5.69 Å². The fourth-order valence-electron chi connectivity index (χ4n) is 2.68. The zero-order valence-corrected chi connectivity index (χ0v) is 11.2. The molecule has 2 aromatic heterocycles. The van der Waals surface area contributed by atoms with Gasteiger partial charge in [-0.05, 0) is 43.4 Å². The maximum Gasteiger partial charge on any atom is 0.354 e. The Morgan fingerprint density at radius 2 is 2.10 bits per heavy atom. The number of hydrogen-bond donors (Lipinski definition) is 1. The van der Waals surface area contributed by atoms with Gasteiger partial charge in [-0.25, -0.2) is 4.79 Å². The van der Waals surface area contributed by atoms with Crippen molar-refractivity contribution in [1.82, 2.24) is 14.8 Å². The summed E-state index contributed by atoms with van der Waals surface area (Å²) in [6.45, 7) is 0.542. The first kappa shape index (κ1) is 12.8. The highest BCUT2D eigenvalue weighted by atomic mass is 16.4. The molecule has 2 heterocycles. The number of hydrogen-bond acceptors (Lipinski definition) is 3. The standard InChI is InChI=1S/C15H17N3O2/c19-15(20)14-7-9-16-18(14)10-8-12-6-5-11-3-1-2-4-13(11)17-12/h5-7,9H,1-4,8,10H2,(H,19,20). The predicted molar refractivity (Wildman–Crippen MR) is 73.8 cm³/mol. The molecule has 0 aromatic carbocycles. The van der Waals surface area contributed by atoms with Gasteiger partial charge in [0.25, 0.3) is 0 Å². The smallest absolute Gasteiger partial charge is 0.354 e. The number of fused-ring (bicyclic) bond motifs is 1. The minimum absolute atomic E-state index is 0.225. The topological polar surface area (TPSA) is 68.0 Å². The van der Waals surface area contributed by atoms with E-state index >= 15 is 0 Å². The van der Waals surface area contributed by atoms with Gasteiger partial charge >= 0.3 is 5.97 Å². The van der Waals surface area contributed by atoms with Crippen LogP contribution in [-0.2, 0) is 25.8 Å². The van der Waals surface area contributed by atoms with Gasteiger partial charge in [0, 0.05) is 30.6 Å². The highest BCUT2D eigenvalue weighted by Crippen LogP contribution is 2.19. The fourth-order valence-corrected chi connectivity index (χ4v) is 2.68. The number of carboxylic acids is 1. The second kappa shape index (κ2) is 5.45. The van der Waals surface area contributed by atoms with Crippen molar-refractivity contribution < 1.29 is 9.90 Å². The van der Waals surface area contributed by atoms with Crippen LogP contribution in [0, 0.1) is 0 Å². The lowest BCUT2D eigenvalue weighted by molar-refractivity contribution is 0.0683. The van der Waals surface area contributed by atoms with E-state index in [1.165, 1.54) is 41.0 Å². The summed E-state index contributed by atoms with van der Waals surface area (Å²) >= 11 is 0. The summed E-state index contributed by atoms with van der Waals surface area (Å²) in [6.07, 6.45) is 6.88. The Morgan fingerprint density at radius 3 is 2.95 bits per heavy atom. The molecule has 0 atom stereocenters. The van der Waals surface area contributed by atoms with Crippen LogP contribution in [0.1, 0.15) is 40.3 Å². The van der Waals surface area contributed by atoms with E-state index in [2.05, 4.69) is 11.2 Å². The summed E-state index contributed by atoms with van der Waals surface area (Å²) in [4.78, 5) is 15.7. The molecule has 0 bridgehead atoms. The van der Waals surface area contributed by atoms with E-state index in [1.807, 2.05) is 6.07 Å². The van der Waals surface area contributed by atoms with Crippen molar-refractivity contribution in [2.75, 3.05) is 0 Å². The van der Waals surface area contributed by atoms with Crippen LogP contribution in [0.15, 0.2) is 24.4 Å². The Bertz CT molecular complexity index is 634. The normalized spacial score (nSPS) is 14.0. The van der Waals surface area contributed by atoms with E-state index in [4.69, 9.17) is 10.1 Å². The highest BCUT2D eigenvalue weighted by molar-refractivity contribution is 5.85.